The molecular weight excluding hydrogens is 426 g/mol. The second kappa shape index (κ2) is 9.48. The molecule has 10 heteroatoms. The summed E-state index contributed by atoms with van der Waals surface area (Å²) in [6, 6.07) is 0.995. The molecule has 0 amide bonds. The Bertz CT molecular complexity index is 777. The summed E-state index contributed by atoms with van der Waals surface area (Å²) in [6.07, 6.45) is -4.98. The van der Waals surface area contributed by atoms with Gasteiger partial charge in [-0.25, -0.2) is 0 Å². The maximum atomic E-state index is 13.1. The van der Waals surface area contributed by atoms with Crippen LogP contribution >= 0.6 is 0 Å². The zero-order valence-corrected chi connectivity index (χ0v) is 17.4. The molecule has 0 radical (unpaired) electrons. The van der Waals surface area contributed by atoms with Crippen molar-refractivity contribution in [2.24, 2.45) is 16.6 Å². The third kappa shape index (κ3) is 6.87. The Hall–Kier alpha value is -2.26. The molecule has 0 aromatic heterocycles. The summed E-state index contributed by atoms with van der Waals surface area (Å²) in [5, 5.41) is 0. The Morgan fingerprint density at radius 2 is 1.52 bits per heavy atom. The topological polar surface area (TPSA) is 64.7 Å². The van der Waals surface area contributed by atoms with Crippen LogP contribution in [-0.4, -0.2) is 23.8 Å². The van der Waals surface area contributed by atoms with Crippen LogP contribution in [0.25, 0.3) is 0 Å². The summed E-state index contributed by atoms with van der Waals surface area (Å²) in [6.45, 7) is 2.22. The number of amidine groups is 1. The van der Waals surface area contributed by atoms with E-state index in [0.29, 0.717) is 12.1 Å². The van der Waals surface area contributed by atoms with Crippen molar-refractivity contribution in [3.8, 4) is 5.75 Å². The van der Waals surface area contributed by atoms with E-state index in [-0.39, 0.29) is 24.2 Å². The van der Waals surface area contributed by atoms with Crippen LogP contribution in [0.3, 0.4) is 0 Å². The first-order valence-corrected chi connectivity index (χ1v) is 9.98. The molecule has 0 heterocycles. The van der Waals surface area contributed by atoms with Gasteiger partial charge in [0.2, 0.25) is 0 Å². The minimum atomic E-state index is -4.99. The van der Waals surface area contributed by atoms with E-state index in [1.807, 2.05) is 0 Å². The number of nitrogens with two attached hydrogens (primary N) is 1. The molecule has 4 nitrogen and oxygen atoms in total. The highest BCUT2D eigenvalue weighted by atomic mass is 19.4. The number of aliphatic imine (C=N–C) groups is 1. The molecule has 31 heavy (non-hydrogen) atoms. The molecule has 1 aromatic rings. The molecule has 1 aliphatic carbocycles. The lowest BCUT2D eigenvalue weighted by atomic mass is 9.78. The van der Waals surface area contributed by atoms with Crippen LogP contribution < -0.4 is 10.5 Å². The maximum absolute atomic E-state index is 13.1. The largest absolute Gasteiger partial charge is 0.491 e. The maximum Gasteiger partial charge on any atom is 0.416 e. The van der Waals surface area contributed by atoms with Crippen molar-refractivity contribution in [1.82, 2.24) is 0 Å². The highest BCUT2D eigenvalue weighted by Crippen LogP contribution is 2.39. The van der Waals surface area contributed by atoms with Crippen molar-refractivity contribution in [3.63, 3.8) is 0 Å². The zero-order chi connectivity index (χ0) is 23.4. The molecule has 0 bridgehead atoms. The molecule has 1 aliphatic rings. The number of ether oxygens (including phenoxy) is 1. The summed E-state index contributed by atoms with van der Waals surface area (Å²) in [5.74, 6) is -0.835. The van der Waals surface area contributed by atoms with Gasteiger partial charge in [0, 0.05) is 0 Å². The number of halogens is 6. The minimum absolute atomic E-state index is 0.0231. The van der Waals surface area contributed by atoms with Gasteiger partial charge in [-0.05, 0) is 44.4 Å². The van der Waals surface area contributed by atoms with E-state index in [1.54, 1.807) is 0 Å². The number of rotatable bonds is 7. The Morgan fingerprint density at radius 1 is 1.00 bits per heavy atom. The lowest BCUT2D eigenvalue weighted by Crippen LogP contribution is -2.45. The van der Waals surface area contributed by atoms with Gasteiger partial charge in [-0.3, -0.25) is 9.79 Å². The molecule has 1 atom stereocenters. The smallest absolute Gasteiger partial charge is 0.416 e. The van der Waals surface area contributed by atoms with Gasteiger partial charge in [0.05, 0.1) is 17.0 Å². The van der Waals surface area contributed by atoms with Crippen molar-refractivity contribution in [2.75, 3.05) is 6.61 Å². The highest BCUT2D eigenvalue weighted by Gasteiger charge is 2.40. The van der Waals surface area contributed by atoms with E-state index >= 15 is 0 Å². The number of carbonyl (C=O) groups is 1. The molecular formula is C21H26F6N2O2. The predicted octanol–water partition coefficient (Wildman–Crippen LogP) is 5.78. The van der Waals surface area contributed by atoms with Crippen molar-refractivity contribution >= 4 is 11.6 Å². The van der Waals surface area contributed by atoms with Crippen LogP contribution in [0.5, 0.6) is 5.75 Å². The predicted molar refractivity (Wildman–Crippen MR) is 104 cm³/mol. The van der Waals surface area contributed by atoms with Crippen molar-refractivity contribution in [3.05, 3.63) is 29.3 Å². The van der Waals surface area contributed by atoms with E-state index in [0.717, 1.165) is 32.1 Å². The van der Waals surface area contributed by atoms with Crippen LogP contribution in [0.2, 0.25) is 0 Å². The summed E-state index contributed by atoms with van der Waals surface area (Å²) in [7, 11) is 0. The fourth-order valence-corrected chi connectivity index (χ4v) is 3.88. The average Bonchev–Trinajstić information content (AvgIpc) is 2.64. The zero-order valence-electron chi connectivity index (χ0n) is 17.4. The average molecular weight is 452 g/mol. The second-order valence-electron chi connectivity index (χ2n) is 8.08. The number of ketones is 1. The Labute approximate surface area is 176 Å². The fraction of sp³-hybridized carbons (Fsp3) is 0.619. The van der Waals surface area contributed by atoms with Crippen LogP contribution in [0.15, 0.2) is 23.2 Å². The molecule has 1 aromatic carbocycles. The summed E-state index contributed by atoms with van der Waals surface area (Å²) >= 11 is 0. The molecule has 1 fully saturated rings. The molecule has 174 valence electrons. The molecule has 0 spiro atoms. The molecule has 0 saturated heterocycles. The van der Waals surface area contributed by atoms with E-state index in [2.05, 4.69) is 4.99 Å². The monoisotopic (exact) mass is 452 g/mol. The third-order valence-corrected chi connectivity index (χ3v) is 5.44. The third-order valence-electron chi connectivity index (χ3n) is 5.44. The second-order valence-corrected chi connectivity index (χ2v) is 8.08. The van der Waals surface area contributed by atoms with Crippen molar-refractivity contribution in [2.45, 2.75) is 70.3 Å². The summed E-state index contributed by atoms with van der Waals surface area (Å²) in [4.78, 5) is 16.8. The minimum Gasteiger partial charge on any atom is -0.491 e. The highest BCUT2D eigenvalue weighted by molar-refractivity contribution is 5.90. The number of hydrogen-bond donors (Lipinski definition) is 1. The van der Waals surface area contributed by atoms with Gasteiger partial charge in [0.15, 0.2) is 11.3 Å². The number of hydrogen-bond acceptors (Lipinski definition) is 3. The number of alkyl halides is 6. The molecule has 1 unspecified atom stereocenters. The Balaban J connectivity index is 2.39. The van der Waals surface area contributed by atoms with Gasteiger partial charge in [-0.2, -0.15) is 26.3 Å². The Kier molecular flexibility index (Phi) is 7.65. The molecule has 1 saturated carbocycles. The van der Waals surface area contributed by atoms with Gasteiger partial charge in [0.1, 0.15) is 12.4 Å². The van der Waals surface area contributed by atoms with E-state index in [1.165, 1.54) is 13.8 Å². The summed E-state index contributed by atoms with van der Waals surface area (Å²) in [5.41, 5.74) is 1.24. The van der Waals surface area contributed by atoms with Gasteiger partial charge in [0.25, 0.3) is 0 Å². The quantitative estimate of drug-likeness (QED) is 0.324. The SMILES string of the molecule is CC(=O)C(COc1cc(C(F)(F)F)cc(C(F)(F)F)c1)(CC1CCCCC1)N=C(C)N. The molecule has 2 rings (SSSR count). The first kappa shape index (κ1) is 25.0. The molecule has 0 aliphatic heterocycles. The first-order chi connectivity index (χ1) is 14.2. The number of carbonyl (C=O) groups excluding carboxylic acids is 1. The molecule has 2 N–H and O–H groups in total. The van der Waals surface area contributed by atoms with Crippen LogP contribution in [0.1, 0.15) is 63.5 Å². The van der Waals surface area contributed by atoms with Crippen molar-refractivity contribution in [1.29, 1.82) is 0 Å². The van der Waals surface area contributed by atoms with E-state index < -0.39 is 47.2 Å². The van der Waals surface area contributed by atoms with E-state index in [4.69, 9.17) is 10.5 Å². The Morgan fingerprint density at radius 3 is 1.94 bits per heavy atom. The normalized spacial score (nSPS) is 18.5. The first-order valence-electron chi connectivity index (χ1n) is 9.98. The van der Waals surface area contributed by atoms with Crippen LogP contribution in [0.4, 0.5) is 26.3 Å². The van der Waals surface area contributed by atoms with Gasteiger partial charge >= 0.3 is 12.4 Å². The number of nitrogens with zero attached hydrogens (tertiary/aromatic N) is 1. The van der Waals surface area contributed by atoms with Crippen molar-refractivity contribution < 1.29 is 35.9 Å². The number of Topliss-reactive ketones (excluding diaryl/α,β-unsaturated/α-hetero) is 1. The van der Waals surface area contributed by atoms with Gasteiger partial charge in [-0.15, -0.1) is 0 Å². The fourth-order valence-electron chi connectivity index (χ4n) is 3.88. The van der Waals surface area contributed by atoms with Gasteiger partial charge < -0.3 is 10.5 Å². The number of benzene rings is 1. The lowest BCUT2D eigenvalue weighted by Gasteiger charge is -2.33. The summed E-state index contributed by atoms with van der Waals surface area (Å²) < 4.78 is 84.0. The standard InChI is InChI=1S/C21H26F6N2O2/c1-13(30)19(29-14(2)28,11-15-6-4-3-5-7-15)12-31-18-9-16(20(22,23)24)8-17(10-18)21(25,26)27/h8-10,15H,3-7,11-12H2,1-2H3,(H2,28,29). The van der Waals surface area contributed by atoms with Crippen LogP contribution in [-0.2, 0) is 17.1 Å². The van der Waals surface area contributed by atoms with Gasteiger partial charge in [-0.1, -0.05) is 32.1 Å². The lowest BCUT2D eigenvalue weighted by molar-refractivity contribution is -0.143. The van der Waals surface area contributed by atoms with Crippen LogP contribution in [0, 0.1) is 5.92 Å². The van der Waals surface area contributed by atoms with E-state index in [9.17, 15) is 31.1 Å².